The third-order valence-corrected chi connectivity index (χ3v) is 6.26. The quantitative estimate of drug-likeness (QED) is 0.913. The van der Waals surface area contributed by atoms with Gasteiger partial charge in [-0.05, 0) is 50.0 Å². The number of hydrogen-bond donors (Lipinski definition) is 1. The zero-order chi connectivity index (χ0) is 17.4. The third-order valence-electron chi connectivity index (χ3n) is 5.14. The Hall–Kier alpha value is -1.92. The van der Waals surface area contributed by atoms with E-state index in [2.05, 4.69) is 16.4 Å². The lowest BCUT2D eigenvalue weighted by atomic mass is 9.90. The third kappa shape index (κ3) is 3.41. The van der Waals surface area contributed by atoms with Gasteiger partial charge in [0.15, 0.2) is 9.84 Å². The highest BCUT2D eigenvalue weighted by Gasteiger charge is 2.31. The number of rotatable bonds is 3. The Morgan fingerprint density at radius 1 is 1.16 bits per heavy atom. The Bertz CT molecular complexity index is 872. The van der Waals surface area contributed by atoms with E-state index in [1.165, 1.54) is 11.8 Å². The van der Waals surface area contributed by atoms with Crippen LogP contribution in [0, 0.1) is 5.92 Å². The number of aromatic nitrogens is 1. The summed E-state index contributed by atoms with van der Waals surface area (Å²) in [7, 11) is -3.18. The Labute approximate surface area is 148 Å². The monoisotopic (exact) mass is 358 g/mol. The highest BCUT2D eigenvalue weighted by molar-refractivity contribution is 7.90. The van der Waals surface area contributed by atoms with Crippen molar-refractivity contribution in [2.75, 3.05) is 19.3 Å². The number of nitrogens with one attached hydrogen (secondary N) is 1. The second kappa shape index (κ2) is 6.42. The zero-order valence-electron chi connectivity index (χ0n) is 14.2. The van der Waals surface area contributed by atoms with Gasteiger partial charge in [-0.15, -0.1) is 0 Å². The molecule has 2 aromatic rings. The number of sulfone groups is 1. The number of benzene rings is 1. The zero-order valence-corrected chi connectivity index (χ0v) is 15.1. The molecule has 4 rings (SSSR count). The lowest BCUT2D eigenvalue weighted by molar-refractivity contribution is 0.133. The summed E-state index contributed by atoms with van der Waals surface area (Å²) in [5, 5.41) is 3.39. The van der Waals surface area contributed by atoms with Crippen LogP contribution in [0.4, 0.5) is 0 Å². The topological polar surface area (TPSA) is 68.3 Å². The molecule has 3 heterocycles. The van der Waals surface area contributed by atoms with Crippen LogP contribution < -0.4 is 10.1 Å². The van der Waals surface area contributed by atoms with Crippen molar-refractivity contribution < 1.29 is 13.2 Å². The van der Waals surface area contributed by atoms with E-state index in [9.17, 15) is 8.42 Å². The van der Waals surface area contributed by atoms with Crippen LogP contribution in [0.5, 0.6) is 5.75 Å². The van der Waals surface area contributed by atoms with Gasteiger partial charge in [0.05, 0.1) is 16.8 Å². The Morgan fingerprint density at radius 3 is 2.56 bits per heavy atom. The minimum absolute atomic E-state index is 0.252. The van der Waals surface area contributed by atoms with Crippen molar-refractivity contribution in [2.45, 2.75) is 30.3 Å². The van der Waals surface area contributed by atoms with Crippen LogP contribution in [-0.4, -0.2) is 38.9 Å². The van der Waals surface area contributed by atoms with Crippen molar-refractivity contribution in [2.24, 2.45) is 5.92 Å². The largest absolute Gasteiger partial charge is 0.488 e. The Balaban J connectivity index is 1.55. The molecule has 0 saturated carbocycles. The molecule has 1 atom stereocenters. The van der Waals surface area contributed by atoms with Crippen LogP contribution in [0.15, 0.2) is 41.4 Å². The first-order chi connectivity index (χ1) is 12.0. The molecule has 25 heavy (non-hydrogen) atoms. The molecule has 1 fully saturated rings. The summed E-state index contributed by atoms with van der Waals surface area (Å²) in [6, 6.07) is 8.96. The maximum absolute atomic E-state index is 11.6. The molecule has 2 aliphatic heterocycles. The van der Waals surface area contributed by atoms with E-state index in [0.717, 1.165) is 49.4 Å². The maximum atomic E-state index is 11.6. The van der Waals surface area contributed by atoms with Gasteiger partial charge < -0.3 is 10.1 Å². The predicted molar refractivity (Wildman–Crippen MR) is 96.5 cm³/mol. The molecule has 1 aromatic carbocycles. The van der Waals surface area contributed by atoms with E-state index in [4.69, 9.17) is 4.74 Å². The van der Waals surface area contributed by atoms with Gasteiger partial charge in [0.25, 0.3) is 0 Å². The van der Waals surface area contributed by atoms with Crippen molar-refractivity contribution in [1.29, 1.82) is 0 Å². The lowest BCUT2D eigenvalue weighted by Gasteiger charge is -2.27. The fourth-order valence-corrected chi connectivity index (χ4v) is 4.31. The average Bonchev–Trinajstić information content (AvgIpc) is 3.05. The van der Waals surface area contributed by atoms with Gasteiger partial charge in [0.2, 0.25) is 0 Å². The van der Waals surface area contributed by atoms with Crippen LogP contribution in [0.1, 0.15) is 18.4 Å². The molecule has 2 aliphatic rings. The molecule has 1 N–H and O–H groups in total. The fourth-order valence-electron chi connectivity index (χ4n) is 3.68. The summed E-state index contributed by atoms with van der Waals surface area (Å²) in [5.41, 5.74) is 2.97. The van der Waals surface area contributed by atoms with Crippen molar-refractivity contribution in [3.63, 3.8) is 0 Å². The lowest BCUT2D eigenvalue weighted by Crippen LogP contribution is -2.36. The minimum atomic E-state index is -3.18. The van der Waals surface area contributed by atoms with Gasteiger partial charge in [-0.3, -0.25) is 4.98 Å². The molecule has 1 saturated heterocycles. The van der Waals surface area contributed by atoms with E-state index in [-0.39, 0.29) is 6.10 Å². The van der Waals surface area contributed by atoms with E-state index in [0.29, 0.717) is 10.8 Å². The van der Waals surface area contributed by atoms with Crippen LogP contribution in [-0.2, 0) is 16.3 Å². The van der Waals surface area contributed by atoms with E-state index >= 15 is 0 Å². The van der Waals surface area contributed by atoms with Crippen LogP contribution >= 0.6 is 0 Å². The molecule has 1 aromatic heterocycles. The van der Waals surface area contributed by atoms with Crippen molar-refractivity contribution in [3.8, 4) is 17.0 Å². The molecular weight excluding hydrogens is 336 g/mol. The van der Waals surface area contributed by atoms with Crippen LogP contribution in [0.2, 0.25) is 0 Å². The van der Waals surface area contributed by atoms with Gasteiger partial charge in [0, 0.05) is 23.8 Å². The summed E-state index contributed by atoms with van der Waals surface area (Å²) < 4.78 is 29.3. The highest BCUT2D eigenvalue weighted by atomic mass is 32.2. The summed E-state index contributed by atoms with van der Waals surface area (Å²) in [6.45, 7) is 2.13. The fraction of sp³-hybridized carbons (Fsp3) is 0.421. The van der Waals surface area contributed by atoms with Crippen LogP contribution in [0.3, 0.4) is 0 Å². The first-order valence-electron chi connectivity index (χ1n) is 8.67. The van der Waals surface area contributed by atoms with Gasteiger partial charge in [-0.1, -0.05) is 12.1 Å². The predicted octanol–water partition coefficient (Wildman–Crippen LogP) is 2.46. The molecule has 0 aliphatic carbocycles. The van der Waals surface area contributed by atoms with E-state index in [1.54, 1.807) is 18.3 Å². The number of pyridine rings is 1. The number of hydrogen-bond acceptors (Lipinski definition) is 5. The van der Waals surface area contributed by atoms with E-state index in [1.807, 2.05) is 12.1 Å². The number of ether oxygens (including phenoxy) is 1. The first kappa shape index (κ1) is 16.5. The van der Waals surface area contributed by atoms with Crippen molar-refractivity contribution in [1.82, 2.24) is 10.3 Å². The number of nitrogens with zero attached hydrogens (tertiary/aromatic N) is 1. The minimum Gasteiger partial charge on any atom is -0.488 e. The molecule has 6 heteroatoms. The van der Waals surface area contributed by atoms with Crippen molar-refractivity contribution >= 4 is 9.84 Å². The Morgan fingerprint density at radius 2 is 1.88 bits per heavy atom. The summed E-state index contributed by atoms with van der Waals surface area (Å²) in [5.74, 6) is 1.49. The molecular formula is C19H22N2O3S. The van der Waals surface area contributed by atoms with Gasteiger partial charge >= 0.3 is 0 Å². The van der Waals surface area contributed by atoms with Gasteiger partial charge in [-0.25, -0.2) is 8.42 Å². The summed E-state index contributed by atoms with van der Waals surface area (Å²) in [6.07, 6.45) is 6.51. The molecule has 0 amide bonds. The molecule has 0 radical (unpaired) electrons. The number of fused-ring (bicyclic) bond motifs is 1. The van der Waals surface area contributed by atoms with Crippen LogP contribution in [0.25, 0.3) is 11.3 Å². The second-order valence-corrected chi connectivity index (χ2v) is 8.94. The smallest absolute Gasteiger partial charge is 0.175 e. The van der Waals surface area contributed by atoms with Crippen molar-refractivity contribution in [3.05, 3.63) is 42.1 Å². The van der Waals surface area contributed by atoms with Gasteiger partial charge in [-0.2, -0.15) is 0 Å². The SMILES string of the molecule is CS(=O)(=O)c1ccc(-c2cc3c(cn2)O[C@H](C2CCNCC2)C3)cc1. The first-order valence-corrected chi connectivity index (χ1v) is 10.6. The molecule has 132 valence electrons. The standard InChI is InChI=1S/C19H22N2O3S/c1-25(22,23)16-4-2-13(3-5-16)17-10-15-11-18(24-19(15)12-21-17)14-6-8-20-9-7-14/h2-5,10,12,14,18,20H,6-9,11H2,1H3/t18-/m0/s1. The maximum Gasteiger partial charge on any atom is 0.175 e. The second-order valence-electron chi connectivity index (χ2n) is 6.92. The molecule has 0 bridgehead atoms. The normalized spacial score (nSPS) is 20.9. The Kier molecular flexibility index (Phi) is 4.25. The molecule has 5 nitrogen and oxygen atoms in total. The van der Waals surface area contributed by atoms with Gasteiger partial charge in [0.1, 0.15) is 11.9 Å². The van der Waals surface area contributed by atoms with E-state index < -0.39 is 9.84 Å². The molecule has 0 spiro atoms. The summed E-state index contributed by atoms with van der Waals surface area (Å²) >= 11 is 0. The average molecular weight is 358 g/mol. The molecule has 0 unspecified atom stereocenters. The number of piperidine rings is 1. The summed E-state index contributed by atoms with van der Waals surface area (Å²) in [4.78, 5) is 4.83. The highest BCUT2D eigenvalue weighted by Crippen LogP contribution is 2.35.